The summed E-state index contributed by atoms with van der Waals surface area (Å²) < 4.78 is 19.2. The lowest BCUT2D eigenvalue weighted by molar-refractivity contribution is -0.124. The van der Waals surface area contributed by atoms with E-state index >= 15 is 0 Å². The summed E-state index contributed by atoms with van der Waals surface area (Å²) in [5.41, 5.74) is 0.235. The van der Waals surface area contributed by atoms with E-state index in [2.05, 4.69) is 22.5 Å². The van der Waals surface area contributed by atoms with E-state index < -0.39 is 29.3 Å². The van der Waals surface area contributed by atoms with Gasteiger partial charge in [0.2, 0.25) is 11.8 Å². The van der Waals surface area contributed by atoms with Gasteiger partial charge in [-0.15, -0.1) is 0 Å². The molecule has 0 aromatic heterocycles. The van der Waals surface area contributed by atoms with Crippen molar-refractivity contribution in [2.45, 2.75) is 39.5 Å². The van der Waals surface area contributed by atoms with E-state index in [1.54, 1.807) is 26.8 Å². The normalized spacial score (nSPS) is 10.6. The number of halogens is 1. The van der Waals surface area contributed by atoms with E-state index in [9.17, 15) is 18.8 Å². The van der Waals surface area contributed by atoms with Crippen LogP contribution in [-0.4, -0.2) is 30.1 Å². The van der Waals surface area contributed by atoms with Crippen molar-refractivity contribution in [3.63, 3.8) is 0 Å². The highest BCUT2D eigenvalue weighted by atomic mass is 19.1. The van der Waals surface area contributed by atoms with E-state index in [1.807, 2.05) is 0 Å². The average molecular weight is 365 g/mol. The van der Waals surface area contributed by atoms with Gasteiger partial charge in [-0.3, -0.25) is 9.59 Å². The van der Waals surface area contributed by atoms with Gasteiger partial charge in [-0.05, 0) is 38.5 Å². The van der Waals surface area contributed by atoms with Crippen LogP contribution in [-0.2, 0) is 27.4 Å². The Morgan fingerprint density at radius 2 is 1.85 bits per heavy atom. The molecule has 26 heavy (non-hydrogen) atoms. The Hall–Kier alpha value is -2.90. The molecule has 3 N–H and O–H groups in total. The van der Waals surface area contributed by atoms with Gasteiger partial charge in [-0.1, -0.05) is 18.7 Å². The molecule has 0 saturated carbocycles. The first kappa shape index (κ1) is 21.1. The van der Waals surface area contributed by atoms with Crippen molar-refractivity contribution in [2.24, 2.45) is 0 Å². The van der Waals surface area contributed by atoms with Crippen molar-refractivity contribution in [2.75, 3.05) is 6.54 Å². The second-order valence-corrected chi connectivity index (χ2v) is 6.48. The molecule has 0 radical (unpaired) electrons. The summed E-state index contributed by atoms with van der Waals surface area (Å²) in [6, 6.07) is 4.43. The number of hydrogen-bond donors (Lipinski definition) is 3. The van der Waals surface area contributed by atoms with Crippen LogP contribution in [0.2, 0.25) is 0 Å². The predicted molar refractivity (Wildman–Crippen MR) is 94.5 cm³/mol. The maximum atomic E-state index is 14.1. The van der Waals surface area contributed by atoms with Gasteiger partial charge in [0.1, 0.15) is 11.4 Å². The minimum absolute atomic E-state index is 0.0194. The Kier molecular flexibility index (Phi) is 7.77. The van der Waals surface area contributed by atoms with Gasteiger partial charge >= 0.3 is 6.09 Å². The number of alkyl carbamates (subject to hydrolysis) is 1. The predicted octanol–water partition coefficient (Wildman–Crippen LogP) is 1.77. The zero-order valence-corrected chi connectivity index (χ0v) is 15.1. The fourth-order valence-corrected chi connectivity index (χ4v) is 1.83. The topological polar surface area (TPSA) is 96.5 Å². The second-order valence-electron chi connectivity index (χ2n) is 6.48. The van der Waals surface area contributed by atoms with Crippen LogP contribution in [0.15, 0.2) is 30.9 Å². The molecule has 142 valence electrons. The molecule has 0 spiro atoms. The highest BCUT2D eigenvalue weighted by molar-refractivity contribution is 5.90. The molecule has 0 saturated heterocycles. The molecule has 1 aromatic carbocycles. The molecule has 0 aliphatic heterocycles. The van der Waals surface area contributed by atoms with Crippen LogP contribution < -0.4 is 16.0 Å². The minimum atomic E-state index is -0.609. The van der Waals surface area contributed by atoms with Gasteiger partial charge in [-0.25, -0.2) is 9.18 Å². The monoisotopic (exact) mass is 365 g/mol. The molecule has 8 heteroatoms. The Labute approximate surface area is 152 Å². The number of nitrogens with one attached hydrogen (secondary N) is 3. The summed E-state index contributed by atoms with van der Waals surface area (Å²) in [7, 11) is 0. The summed E-state index contributed by atoms with van der Waals surface area (Å²) in [6.07, 6.45) is 0.465. The number of hydrogen-bond acceptors (Lipinski definition) is 4. The fourth-order valence-electron chi connectivity index (χ4n) is 1.83. The first-order chi connectivity index (χ1) is 12.1. The molecule has 0 aliphatic rings. The zero-order chi connectivity index (χ0) is 19.7. The van der Waals surface area contributed by atoms with Crippen LogP contribution in [0.5, 0.6) is 0 Å². The number of carbonyl (C=O) groups is 3. The standard InChI is InChI=1S/C18H24FN3O4/c1-5-15(23)21-11-16(24)20-10-13-7-6-12(8-14(13)19)9-22-17(25)26-18(2,3)4/h5-8H,1,9-11H2,2-4H3,(H,20,24)(H,21,23)(H,22,25). The number of ether oxygens (including phenoxy) is 1. The lowest BCUT2D eigenvalue weighted by Crippen LogP contribution is -2.36. The third kappa shape index (κ3) is 8.27. The highest BCUT2D eigenvalue weighted by Crippen LogP contribution is 2.11. The summed E-state index contributed by atoms with van der Waals surface area (Å²) in [6.45, 7) is 8.39. The Bertz CT molecular complexity index is 684. The number of rotatable bonds is 7. The minimum Gasteiger partial charge on any atom is -0.444 e. The van der Waals surface area contributed by atoms with Crippen molar-refractivity contribution in [1.29, 1.82) is 0 Å². The van der Waals surface area contributed by atoms with Gasteiger partial charge in [0.25, 0.3) is 0 Å². The van der Waals surface area contributed by atoms with Crippen LogP contribution in [0, 0.1) is 5.82 Å². The third-order valence-corrected chi connectivity index (χ3v) is 3.04. The van der Waals surface area contributed by atoms with E-state index in [1.165, 1.54) is 12.1 Å². The quantitative estimate of drug-likeness (QED) is 0.642. The van der Waals surface area contributed by atoms with Crippen molar-refractivity contribution < 1.29 is 23.5 Å². The van der Waals surface area contributed by atoms with Crippen molar-refractivity contribution >= 4 is 17.9 Å². The van der Waals surface area contributed by atoms with Crippen LogP contribution in [0.25, 0.3) is 0 Å². The lowest BCUT2D eigenvalue weighted by Gasteiger charge is -2.19. The van der Waals surface area contributed by atoms with Crippen molar-refractivity contribution in [3.05, 3.63) is 47.8 Å². The Balaban J connectivity index is 2.49. The van der Waals surface area contributed by atoms with Gasteiger partial charge < -0.3 is 20.7 Å². The van der Waals surface area contributed by atoms with E-state index in [-0.39, 0.29) is 25.2 Å². The molecule has 0 bridgehead atoms. The molecule has 7 nitrogen and oxygen atoms in total. The smallest absolute Gasteiger partial charge is 0.407 e. The molecule has 0 fully saturated rings. The zero-order valence-electron chi connectivity index (χ0n) is 15.1. The highest BCUT2D eigenvalue weighted by Gasteiger charge is 2.16. The number of amides is 3. The van der Waals surface area contributed by atoms with Crippen LogP contribution in [0.4, 0.5) is 9.18 Å². The van der Waals surface area contributed by atoms with E-state index in [0.29, 0.717) is 5.56 Å². The number of carbonyl (C=O) groups excluding carboxylic acids is 3. The molecule has 1 rings (SSSR count). The van der Waals surface area contributed by atoms with Crippen molar-refractivity contribution in [1.82, 2.24) is 16.0 Å². The molecule has 0 unspecified atom stereocenters. The fraction of sp³-hybridized carbons (Fsp3) is 0.389. The maximum absolute atomic E-state index is 14.1. The summed E-state index contributed by atoms with van der Waals surface area (Å²) in [5.74, 6) is -1.42. The first-order valence-electron chi connectivity index (χ1n) is 8.02. The van der Waals surface area contributed by atoms with Crippen LogP contribution in [0.3, 0.4) is 0 Å². The van der Waals surface area contributed by atoms with E-state index in [4.69, 9.17) is 4.74 Å². The molecular formula is C18H24FN3O4. The largest absolute Gasteiger partial charge is 0.444 e. The second kappa shape index (κ2) is 9.55. The molecule has 0 aliphatic carbocycles. The summed E-state index contributed by atoms with van der Waals surface area (Å²) >= 11 is 0. The molecule has 1 aromatic rings. The van der Waals surface area contributed by atoms with Crippen molar-refractivity contribution in [3.8, 4) is 0 Å². The Morgan fingerprint density at radius 3 is 2.42 bits per heavy atom. The van der Waals surface area contributed by atoms with Gasteiger partial charge in [0.15, 0.2) is 0 Å². The lowest BCUT2D eigenvalue weighted by atomic mass is 10.1. The molecule has 0 heterocycles. The average Bonchev–Trinajstić information content (AvgIpc) is 2.55. The number of benzene rings is 1. The van der Waals surface area contributed by atoms with Crippen LogP contribution >= 0.6 is 0 Å². The molecule has 3 amide bonds. The molecule has 0 atom stereocenters. The van der Waals surface area contributed by atoms with Gasteiger partial charge in [0, 0.05) is 18.7 Å². The van der Waals surface area contributed by atoms with E-state index in [0.717, 1.165) is 6.08 Å². The summed E-state index contributed by atoms with van der Waals surface area (Å²) in [4.78, 5) is 34.1. The third-order valence-electron chi connectivity index (χ3n) is 3.04. The summed E-state index contributed by atoms with van der Waals surface area (Å²) in [5, 5.41) is 7.36. The van der Waals surface area contributed by atoms with Crippen LogP contribution in [0.1, 0.15) is 31.9 Å². The Morgan fingerprint density at radius 1 is 1.15 bits per heavy atom. The molecular weight excluding hydrogens is 341 g/mol. The van der Waals surface area contributed by atoms with Gasteiger partial charge in [-0.2, -0.15) is 0 Å². The first-order valence-corrected chi connectivity index (χ1v) is 8.02. The van der Waals surface area contributed by atoms with Gasteiger partial charge in [0.05, 0.1) is 6.54 Å². The SMILES string of the molecule is C=CC(=O)NCC(=O)NCc1ccc(CNC(=O)OC(C)(C)C)cc1F. The maximum Gasteiger partial charge on any atom is 0.407 e.